The smallest absolute Gasteiger partial charge is 0.260 e. The van der Waals surface area contributed by atoms with Crippen LogP contribution in [0.5, 0.6) is 0 Å². The number of halogens is 1. The molecule has 0 spiro atoms. The van der Waals surface area contributed by atoms with Crippen molar-refractivity contribution in [2.24, 2.45) is 0 Å². The van der Waals surface area contributed by atoms with Gasteiger partial charge < -0.3 is 10.2 Å². The molecule has 0 atom stereocenters. The summed E-state index contributed by atoms with van der Waals surface area (Å²) < 4.78 is 13.5. The van der Waals surface area contributed by atoms with E-state index in [2.05, 4.69) is 15.3 Å². The SMILES string of the molecule is Cc1ccc(F)cc1C(=O)Nc1ccc(C(=O)N2Cc3ccsc3Cc3ncccc32)cn1. The molecule has 4 heterocycles. The highest BCUT2D eigenvalue weighted by molar-refractivity contribution is 7.10. The summed E-state index contributed by atoms with van der Waals surface area (Å²) in [6.07, 6.45) is 3.86. The Balaban J connectivity index is 1.39. The van der Waals surface area contributed by atoms with E-state index in [-0.39, 0.29) is 17.3 Å². The van der Waals surface area contributed by atoms with Gasteiger partial charge in [-0.3, -0.25) is 14.6 Å². The lowest BCUT2D eigenvalue weighted by Gasteiger charge is -2.22. The van der Waals surface area contributed by atoms with Crippen molar-refractivity contribution in [2.75, 3.05) is 10.2 Å². The van der Waals surface area contributed by atoms with Crippen LogP contribution in [0.1, 0.15) is 42.4 Å². The van der Waals surface area contributed by atoms with E-state index in [1.54, 1.807) is 47.6 Å². The summed E-state index contributed by atoms with van der Waals surface area (Å²) in [5, 5.41) is 4.69. The first-order valence-corrected chi connectivity index (χ1v) is 11.2. The van der Waals surface area contributed by atoms with Crippen molar-refractivity contribution in [3.8, 4) is 0 Å². The van der Waals surface area contributed by atoms with Gasteiger partial charge in [0.1, 0.15) is 11.6 Å². The predicted octanol–water partition coefficient (Wildman–Crippen LogP) is 4.99. The molecule has 33 heavy (non-hydrogen) atoms. The van der Waals surface area contributed by atoms with Crippen LogP contribution in [-0.4, -0.2) is 21.8 Å². The van der Waals surface area contributed by atoms with Crippen LogP contribution in [0, 0.1) is 12.7 Å². The highest BCUT2D eigenvalue weighted by Crippen LogP contribution is 2.32. The highest BCUT2D eigenvalue weighted by atomic mass is 32.1. The molecule has 0 unspecified atom stereocenters. The van der Waals surface area contributed by atoms with Crippen LogP contribution < -0.4 is 10.2 Å². The molecule has 0 bridgehead atoms. The third-order valence-corrected chi connectivity index (χ3v) is 6.56. The topological polar surface area (TPSA) is 75.2 Å². The summed E-state index contributed by atoms with van der Waals surface area (Å²) in [6.45, 7) is 2.18. The Morgan fingerprint density at radius 3 is 2.82 bits per heavy atom. The summed E-state index contributed by atoms with van der Waals surface area (Å²) in [6, 6.07) is 13.0. The minimum atomic E-state index is -0.486. The molecule has 8 heteroatoms. The maximum absolute atomic E-state index is 13.5. The number of amides is 2. The molecule has 0 fully saturated rings. The maximum Gasteiger partial charge on any atom is 0.260 e. The average Bonchev–Trinajstić information content (AvgIpc) is 3.19. The lowest BCUT2D eigenvalue weighted by atomic mass is 10.1. The number of aryl methyl sites for hydroxylation is 1. The molecule has 164 valence electrons. The quantitative estimate of drug-likeness (QED) is 0.469. The average molecular weight is 459 g/mol. The van der Waals surface area contributed by atoms with Crippen molar-refractivity contribution in [2.45, 2.75) is 19.9 Å². The van der Waals surface area contributed by atoms with Crippen LogP contribution in [0.2, 0.25) is 0 Å². The molecule has 5 rings (SSSR count). The highest BCUT2D eigenvalue weighted by Gasteiger charge is 2.26. The van der Waals surface area contributed by atoms with Gasteiger partial charge in [0.15, 0.2) is 0 Å². The summed E-state index contributed by atoms with van der Waals surface area (Å²) in [4.78, 5) is 37.6. The van der Waals surface area contributed by atoms with E-state index < -0.39 is 11.7 Å². The zero-order chi connectivity index (χ0) is 22.9. The number of fused-ring (bicyclic) bond motifs is 2. The normalized spacial score (nSPS) is 12.5. The molecule has 1 aliphatic rings. The fourth-order valence-corrected chi connectivity index (χ4v) is 4.74. The Hall–Kier alpha value is -3.91. The van der Waals surface area contributed by atoms with Gasteiger partial charge in [0.05, 0.1) is 23.5 Å². The zero-order valence-corrected chi connectivity index (χ0v) is 18.5. The van der Waals surface area contributed by atoms with Gasteiger partial charge in [-0.15, -0.1) is 11.3 Å². The van der Waals surface area contributed by atoms with Gasteiger partial charge in [-0.25, -0.2) is 9.37 Å². The molecule has 0 aliphatic carbocycles. The maximum atomic E-state index is 13.5. The van der Waals surface area contributed by atoms with Crippen molar-refractivity contribution < 1.29 is 14.0 Å². The number of nitrogens with one attached hydrogen (secondary N) is 1. The standard InChI is InChI=1S/C25H19FN4O2S/c1-15-4-6-18(26)11-19(15)24(31)29-23-7-5-16(13-28-23)25(32)30-14-17-8-10-33-22(17)12-20-21(30)3-2-9-27-20/h2-11,13H,12,14H2,1H3,(H,28,29,31). The number of anilines is 2. The summed E-state index contributed by atoms with van der Waals surface area (Å²) in [5.41, 5.74) is 4.02. The molecule has 3 aromatic heterocycles. The molecule has 6 nitrogen and oxygen atoms in total. The molecule has 0 radical (unpaired) electrons. The lowest BCUT2D eigenvalue weighted by Crippen LogP contribution is -2.30. The largest absolute Gasteiger partial charge is 0.307 e. The first-order chi connectivity index (χ1) is 16.0. The first-order valence-electron chi connectivity index (χ1n) is 10.3. The second-order valence-electron chi connectivity index (χ2n) is 7.75. The van der Waals surface area contributed by atoms with E-state index in [1.807, 2.05) is 23.6 Å². The number of benzene rings is 1. The van der Waals surface area contributed by atoms with E-state index in [0.717, 1.165) is 16.9 Å². The van der Waals surface area contributed by atoms with Crippen molar-refractivity contribution in [1.29, 1.82) is 0 Å². The fraction of sp³-hybridized carbons (Fsp3) is 0.120. The van der Waals surface area contributed by atoms with Crippen LogP contribution in [0.25, 0.3) is 0 Å². The Labute approximate surface area is 193 Å². The van der Waals surface area contributed by atoms with E-state index in [0.29, 0.717) is 24.1 Å². The van der Waals surface area contributed by atoms with Gasteiger partial charge in [-0.2, -0.15) is 0 Å². The number of pyridine rings is 2. The van der Waals surface area contributed by atoms with Crippen molar-refractivity contribution in [1.82, 2.24) is 9.97 Å². The van der Waals surface area contributed by atoms with E-state index in [4.69, 9.17) is 0 Å². The minimum Gasteiger partial charge on any atom is -0.307 e. The number of carbonyl (C=O) groups excluding carboxylic acids is 2. The van der Waals surface area contributed by atoms with Crippen LogP contribution in [0.3, 0.4) is 0 Å². The van der Waals surface area contributed by atoms with E-state index in [9.17, 15) is 14.0 Å². The molecule has 1 aromatic carbocycles. The fourth-order valence-electron chi connectivity index (χ4n) is 3.84. The number of aromatic nitrogens is 2. The van der Waals surface area contributed by atoms with Crippen LogP contribution >= 0.6 is 11.3 Å². The Morgan fingerprint density at radius 1 is 1.12 bits per heavy atom. The number of nitrogens with zero attached hydrogens (tertiary/aromatic N) is 3. The number of hydrogen-bond donors (Lipinski definition) is 1. The van der Waals surface area contributed by atoms with Gasteiger partial charge in [0, 0.05) is 29.3 Å². The number of hydrogen-bond acceptors (Lipinski definition) is 5. The van der Waals surface area contributed by atoms with Crippen molar-refractivity contribution in [3.63, 3.8) is 0 Å². The van der Waals surface area contributed by atoms with Gasteiger partial charge in [0.2, 0.25) is 0 Å². The van der Waals surface area contributed by atoms with Crippen LogP contribution in [0.4, 0.5) is 15.9 Å². The molecule has 4 aromatic rings. The number of rotatable bonds is 3. The van der Waals surface area contributed by atoms with Crippen molar-refractivity contribution in [3.05, 3.63) is 105 Å². The Kier molecular flexibility index (Phi) is 5.43. The Bertz CT molecular complexity index is 1370. The third kappa shape index (κ3) is 4.12. The second-order valence-corrected chi connectivity index (χ2v) is 8.75. The number of carbonyl (C=O) groups is 2. The zero-order valence-electron chi connectivity index (χ0n) is 17.7. The summed E-state index contributed by atoms with van der Waals surface area (Å²) in [7, 11) is 0. The molecule has 1 N–H and O–H groups in total. The Morgan fingerprint density at radius 2 is 2.00 bits per heavy atom. The van der Waals surface area contributed by atoms with E-state index in [1.165, 1.54) is 23.2 Å². The number of thiophene rings is 1. The summed E-state index contributed by atoms with van der Waals surface area (Å²) in [5.74, 6) is -0.871. The molecule has 0 saturated carbocycles. The van der Waals surface area contributed by atoms with Crippen LogP contribution in [-0.2, 0) is 13.0 Å². The minimum absolute atomic E-state index is 0.199. The van der Waals surface area contributed by atoms with E-state index >= 15 is 0 Å². The summed E-state index contributed by atoms with van der Waals surface area (Å²) >= 11 is 1.67. The molecule has 1 aliphatic heterocycles. The molecular weight excluding hydrogens is 439 g/mol. The first kappa shape index (κ1) is 21.0. The van der Waals surface area contributed by atoms with Gasteiger partial charge >= 0.3 is 0 Å². The predicted molar refractivity (Wildman–Crippen MR) is 125 cm³/mol. The van der Waals surface area contributed by atoms with Gasteiger partial charge in [-0.05, 0) is 65.9 Å². The van der Waals surface area contributed by atoms with Crippen LogP contribution in [0.15, 0.2) is 66.3 Å². The molecule has 0 saturated heterocycles. The molecule has 2 amide bonds. The van der Waals surface area contributed by atoms with Crippen molar-refractivity contribution >= 4 is 34.7 Å². The lowest BCUT2D eigenvalue weighted by molar-refractivity contribution is 0.0983. The second kappa shape index (κ2) is 8.55. The molecular formula is C25H19FN4O2S. The van der Waals surface area contributed by atoms with Gasteiger partial charge in [0.25, 0.3) is 11.8 Å². The van der Waals surface area contributed by atoms with Gasteiger partial charge in [-0.1, -0.05) is 6.07 Å². The monoisotopic (exact) mass is 458 g/mol. The third-order valence-electron chi connectivity index (χ3n) is 5.59.